The summed E-state index contributed by atoms with van der Waals surface area (Å²) >= 11 is 0. The van der Waals surface area contributed by atoms with E-state index in [2.05, 4.69) is 27.3 Å². The zero-order valence-electron chi connectivity index (χ0n) is 14.5. The molecule has 1 aromatic heterocycles. The van der Waals surface area contributed by atoms with Crippen LogP contribution in [0.1, 0.15) is 19.3 Å². The average molecular weight is 328 g/mol. The van der Waals surface area contributed by atoms with Crippen LogP contribution in [0.3, 0.4) is 0 Å². The molecule has 0 unspecified atom stereocenters. The van der Waals surface area contributed by atoms with Crippen LogP contribution in [0.5, 0.6) is 0 Å². The number of benzene rings is 1. The van der Waals surface area contributed by atoms with Gasteiger partial charge in [-0.15, -0.1) is 0 Å². The molecule has 2 aromatic rings. The van der Waals surface area contributed by atoms with Crippen molar-refractivity contribution in [2.75, 3.05) is 24.6 Å². The topological polar surface area (TPSA) is 57.0 Å². The molecule has 128 valence electrons. The number of imidazole rings is 1. The van der Waals surface area contributed by atoms with Gasteiger partial charge < -0.3 is 10.0 Å². The highest BCUT2D eigenvalue weighted by molar-refractivity contribution is 5.52. The first-order chi connectivity index (χ1) is 11.7. The van der Waals surface area contributed by atoms with Gasteiger partial charge in [0.1, 0.15) is 5.69 Å². The summed E-state index contributed by atoms with van der Waals surface area (Å²) < 4.78 is 3.88. The van der Waals surface area contributed by atoms with Crippen molar-refractivity contribution in [2.45, 2.75) is 19.3 Å². The Kier molecular flexibility index (Phi) is 5.25. The van der Waals surface area contributed by atoms with Gasteiger partial charge in [-0.1, -0.05) is 5.11 Å². The van der Waals surface area contributed by atoms with Crippen LogP contribution in [0.2, 0.25) is 0 Å². The number of azo groups is 1. The summed E-state index contributed by atoms with van der Waals surface area (Å²) in [4.78, 5) is 2.41. The van der Waals surface area contributed by atoms with Crippen molar-refractivity contribution in [3.05, 3.63) is 36.7 Å². The second kappa shape index (κ2) is 7.57. The minimum atomic E-state index is 0.309. The van der Waals surface area contributed by atoms with Gasteiger partial charge in [0.05, 0.1) is 26.5 Å². The Morgan fingerprint density at radius 2 is 1.88 bits per heavy atom. The Morgan fingerprint density at radius 3 is 2.46 bits per heavy atom. The summed E-state index contributed by atoms with van der Waals surface area (Å²) in [5.41, 5.74) is 2.09. The summed E-state index contributed by atoms with van der Waals surface area (Å²) in [5.74, 6) is 1.48. The maximum atomic E-state index is 9.05. The number of nitrogens with zero attached hydrogens (tertiary/aromatic N) is 5. The zero-order valence-corrected chi connectivity index (χ0v) is 14.5. The third-order valence-electron chi connectivity index (χ3n) is 4.77. The highest BCUT2D eigenvalue weighted by Crippen LogP contribution is 2.27. The summed E-state index contributed by atoms with van der Waals surface area (Å²) in [7, 11) is 3.91. The van der Waals surface area contributed by atoms with Crippen LogP contribution in [0.25, 0.3) is 0 Å². The number of piperidine rings is 1. The quantitative estimate of drug-likeness (QED) is 0.678. The third-order valence-corrected chi connectivity index (χ3v) is 4.77. The van der Waals surface area contributed by atoms with Gasteiger partial charge in [0.2, 0.25) is 0 Å². The fraction of sp³-hybridized carbons (Fsp3) is 0.500. The zero-order chi connectivity index (χ0) is 16.9. The molecule has 3 rings (SSSR count). The lowest BCUT2D eigenvalue weighted by molar-refractivity contribution is -0.657. The van der Waals surface area contributed by atoms with Crippen molar-refractivity contribution in [1.82, 2.24) is 4.57 Å². The summed E-state index contributed by atoms with van der Waals surface area (Å²) in [6.07, 6.45) is 7.16. The minimum absolute atomic E-state index is 0.309. The first-order valence-electron chi connectivity index (χ1n) is 8.56. The van der Waals surface area contributed by atoms with Crippen LogP contribution >= 0.6 is 0 Å². The van der Waals surface area contributed by atoms with Gasteiger partial charge in [-0.3, -0.25) is 0 Å². The number of aliphatic hydroxyl groups is 1. The molecule has 0 aliphatic carbocycles. The van der Waals surface area contributed by atoms with Crippen LogP contribution in [-0.2, 0) is 14.1 Å². The van der Waals surface area contributed by atoms with Crippen molar-refractivity contribution < 1.29 is 9.67 Å². The molecule has 0 amide bonds. The number of anilines is 1. The molecule has 6 nitrogen and oxygen atoms in total. The molecule has 1 aliphatic heterocycles. The van der Waals surface area contributed by atoms with Gasteiger partial charge in [0.15, 0.2) is 0 Å². The monoisotopic (exact) mass is 328 g/mol. The van der Waals surface area contributed by atoms with Gasteiger partial charge >= 0.3 is 5.95 Å². The van der Waals surface area contributed by atoms with E-state index in [4.69, 9.17) is 5.11 Å². The van der Waals surface area contributed by atoms with Gasteiger partial charge in [0.25, 0.3) is 0 Å². The smallest absolute Gasteiger partial charge is 0.396 e. The van der Waals surface area contributed by atoms with Crippen LogP contribution in [0.4, 0.5) is 17.3 Å². The fourth-order valence-corrected chi connectivity index (χ4v) is 3.22. The first kappa shape index (κ1) is 16.6. The SMILES string of the molecule is Cn1cc[n+](C)c1/N=N/c1ccc(N2CCC(CCO)CC2)cc1. The molecule has 24 heavy (non-hydrogen) atoms. The normalized spacial score (nSPS) is 16.2. The van der Waals surface area contributed by atoms with E-state index in [1.165, 1.54) is 5.69 Å². The van der Waals surface area contributed by atoms with Crippen molar-refractivity contribution in [1.29, 1.82) is 0 Å². The molecule has 0 spiro atoms. The van der Waals surface area contributed by atoms with Crippen LogP contribution in [0, 0.1) is 5.92 Å². The van der Waals surface area contributed by atoms with E-state index in [-0.39, 0.29) is 0 Å². The molecule has 6 heteroatoms. The standard InChI is InChI=1S/C18H26N5O/c1-21-12-13-22(2)18(21)20-19-16-3-5-17(6-4-16)23-10-7-15(8-11-23)9-14-24/h3-6,12-13,15,24H,7-11,14H2,1-2H3/q+1. The fourth-order valence-electron chi connectivity index (χ4n) is 3.22. The molecular formula is C18H26N5O+. The highest BCUT2D eigenvalue weighted by Gasteiger charge is 2.19. The number of hydrogen-bond acceptors (Lipinski definition) is 4. The van der Waals surface area contributed by atoms with E-state index in [1.807, 2.05) is 47.8 Å². The number of aryl methyl sites for hydroxylation is 2. The Bertz CT molecular complexity index is 664. The van der Waals surface area contributed by atoms with E-state index < -0.39 is 0 Å². The number of aliphatic hydroxyl groups excluding tert-OH is 1. The predicted molar refractivity (Wildman–Crippen MR) is 93.8 cm³/mol. The first-order valence-corrected chi connectivity index (χ1v) is 8.56. The third kappa shape index (κ3) is 3.82. The molecule has 1 saturated heterocycles. The van der Waals surface area contributed by atoms with Gasteiger partial charge in [-0.05, 0) is 49.4 Å². The van der Waals surface area contributed by atoms with Gasteiger partial charge in [-0.25, -0.2) is 9.13 Å². The second-order valence-electron chi connectivity index (χ2n) is 6.48. The van der Waals surface area contributed by atoms with Crippen molar-refractivity contribution in [3.63, 3.8) is 0 Å². The lowest BCUT2D eigenvalue weighted by atomic mass is 9.93. The minimum Gasteiger partial charge on any atom is -0.396 e. The van der Waals surface area contributed by atoms with E-state index in [0.717, 1.165) is 44.0 Å². The molecule has 2 heterocycles. The maximum Gasteiger partial charge on any atom is 0.421 e. The Hall–Kier alpha value is -2.21. The summed E-state index contributed by atoms with van der Waals surface area (Å²) in [5, 5.41) is 17.7. The van der Waals surface area contributed by atoms with Crippen molar-refractivity contribution in [3.8, 4) is 0 Å². The molecule has 0 radical (unpaired) electrons. The molecule has 0 atom stereocenters. The van der Waals surface area contributed by atoms with E-state index >= 15 is 0 Å². The van der Waals surface area contributed by atoms with Crippen LogP contribution in [0.15, 0.2) is 46.9 Å². The second-order valence-corrected chi connectivity index (χ2v) is 6.48. The lowest BCUT2D eigenvalue weighted by Gasteiger charge is -2.33. The molecule has 1 aliphatic rings. The van der Waals surface area contributed by atoms with Crippen LogP contribution < -0.4 is 9.47 Å². The average Bonchev–Trinajstić information content (AvgIpc) is 2.93. The molecular weight excluding hydrogens is 302 g/mol. The number of hydrogen-bond donors (Lipinski definition) is 1. The van der Waals surface area contributed by atoms with Crippen LogP contribution in [-0.4, -0.2) is 29.4 Å². The summed E-state index contributed by atoms with van der Waals surface area (Å²) in [6, 6.07) is 8.26. The number of aromatic nitrogens is 2. The van der Waals surface area contributed by atoms with Gasteiger partial charge in [0, 0.05) is 30.5 Å². The highest BCUT2D eigenvalue weighted by atomic mass is 16.3. The Balaban J connectivity index is 1.62. The molecule has 0 saturated carbocycles. The predicted octanol–water partition coefficient (Wildman–Crippen LogP) is 2.86. The largest absolute Gasteiger partial charge is 0.421 e. The molecule has 1 aromatic carbocycles. The Labute approximate surface area is 143 Å². The van der Waals surface area contributed by atoms with E-state index in [0.29, 0.717) is 12.5 Å². The maximum absolute atomic E-state index is 9.05. The van der Waals surface area contributed by atoms with E-state index in [1.54, 1.807) is 0 Å². The van der Waals surface area contributed by atoms with Crippen molar-refractivity contribution in [2.24, 2.45) is 30.2 Å². The molecule has 1 N–H and O–H groups in total. The lowest BCUT2D eigenvalue weighted by Crippen LogP contribution is -2.33. The van der Waals surface area contributed by atoms with E-state index in [9.17, 15) is 0 Å². The van der Waals surface area contributed by atoms with Gasteiger partial charge in [-0.2, -0.15) is 0 Å². The van der Waals surface area contributed by atoms with Crippen molar-refractivity contribution >= 4 is 17.3 Å². The molecule has 0 bridgehead atoms. The molecule has 1 fully saturated rings. The Morgan fingerprint density at radius 1 is 1.17 bits per heavy atom. The summed E-state index contributed by atoms with van der Waals surface area (Å²) in [6.45, 7) is 2.43. The number of rotatable bonds is 5.